The second-order valence-electron chi connectivity index (χ2n) is 29.0. The first-order valence-corrected chi connectivity index (χ1v) is 39.8. The van der Waals surface area contributed by atoms with Gasteiger partial charge in [0.15, 0.2) is 5.96 Å². The van der Waals surface area contributed by atoms with Crippen LogP contribution in [0.4, 0.5) is 0 Å². The molecule has 0 bridgehead atoms. The van der Waals surface area contributed by atoms with E-state index in [2.05, 4.69) is 79.1 Å². The largest absolute Gasteiger partial charge is 0.481 e. The third kappa shape index (κ3) is 27.9. The summed E-state index contributed by atoms with van der Waals surface area (Å²) in [6, 6.07) is 9.90. The Morgan fingerprint density at radius 1 is 0.522 bits per heavy atom. The SMILES string of the molecule is CCCCC[C@@H]1NC(=O)[C@H](Cc2c[nH]c3ccccc23)NC(=O)[C@H](CC(=O)O)NC(=O)[C@H](CCCNC(=N)N)NC(=O)CNC(=O)[C@H](CO)NC(=O)[C@H]([C@@H](C)CC)NC(=O)[C@H](Cc2ccc3ccccc3c2)NC(=O)CSC[C@@H](C(N)=O)NC(=O)[C@H](C(C)C)NC(=O)[C@H](Cc2c[nH]c3ccccc23)NC(=O)[C@@H](CCCCN)NC1=O. The van der Waals surface area contributed by atoms with E-state index in [9.17, 15) is 58.2 Å². The van der Waals surface area contributed by atoms with Gasteiger partial charge in [0.25, 0.3) is 0 Å². The lowest BCUT2D eigenvalue weighted by Crippen LogP contribution is -2.61. The molecule has 0 unspecified atom stereocenters. The molecule has 13 amide bonds. The quantitative estimate of drug-likeness (QED) is 0.0198. The third-order valence-electron chi connectivity index (χ3n) is 19.8. The molecule has 0 saturated carbocycles. The van der Waals surface area contributed by atoms with Crippen LogP contribution in [0.3, 0.4) is 0 Å². The maximum atomic E-state index is 15.2. The van der Waals surface area contributed by atoms with E-state index in [1.54, 1.807) is 94.7 Å². The van der Waals surface area contributed by atoms with E-state index >= 15 is 19.2 Å². The van der Waals surface area contributed by atoms with Crippen molar-refractivity contribution in [3.8, 4) is 0 Å². The van der Waals surface area contributed by atoms with Gasteiger partial charge in [-0.05, 0) is 96.5 Å². The summed E-state index contributed by atoms with van der Waals surface area (Å²) in [6.45, 7) is 6.70. The summed E-state index contributed by atoms with van der Waals surface area (Å²) >= 11 is 0.865. The molecule has 622 valence electrons. The number of carboxylic acids is 1. The molecule has 0 radical (unpaired) electrons. The predicted molar refractivity (Wildman–Crippen MR) is 432 cm³/mol. The number of benzene rings is 4. The van der Waals surface area contributed by atoms with Gasteiger partial charge in [-0.3, -0.25) is 72.5 Å². The average molecular weight is 1610 g/mol. The number of primary amides is 1. The van der Waals surface area contributed by atoms with Crippen molar-refractivity contribution in [1.82, 2.24) is 79.1 Å². The van der Waals surface area contributed by atoms with E-state index < -0.39 is 192 Å². The molecule has 35 nitrogen and oxygen atoms in total. The van der Waals surface area contributed by atoms with Gasteiger partial charge in [-0.1, -0.05) is 139 Å². The van der Waals surface area contributed by atoms with Crippen LogP contribution in [0.2, 0.25) is 0 Å². The van der Waals surface area contributed by atoms with E-state index in [0.717, 1.165) is 22.5 Å². The molecule has 115 heavy (non-hydrogen) atoms. The molecule has 3 heterocycles. The van der Waals surface area contributed by atoms with Crippen molar-refractivity contribution in [2.24, 2.45) is 29.0 Å². The average Bonchev–Trinajstić information content (AvgIpc) is 1.74. The van der Waals surface area contributed by atoms with Gasteiger partial charge in [0.05, 0.1) is 25.3 Å². The minimum absolute atomic E-state index is 0.00337. The monoisotopic (exact) mass is 1610 g/mol. The minimum Gasteiger partial charge on any atom is -0.481 e. The number of thioether (sulfide) groups is 1. The summed E-state index contributed by atoms with van der Waals surface area (Å²) in [5.74, 6) is -16.6. The van der Waals surface area contributed by atoms with Crippen molar-refractivity contribution in [2.75, 3.05) is 37.7 Å². The third-order valence-corrected chi connectivity index (χ3v) is 20.8. The summed E-state index contributed by atoms with van der Waals surface area (Å²) in [5.41, 5.74) is 20.3. The van der Waals surface area contributed by atoms with Crippen molar-refractivity contribution < 1.29 is 77.3 Å². The van der Waals surface area contributed by atoms with Gasteiger partial charge in [-0.15, -0.1) is 11.8 Å². The smallest absolute Gasteiger partial charge is 0.305 e. The van der Waals surface area contributed by atoms with Crippen molar-refractivity contribution >= 4 is 133 Å². The summed E-state index contributed by atoms with van der Waals surface area (Å²) in [7, 11) is 0. The summed E-state index contributed by atoms with van der Waals surface area (Å²) in [5, 5.41) is 65.4. The Morgan fingerprint density at radius 2 is 1.00 bits per heavy atom. The lowest BCUT2D eigenvalue weighted by molar-refractivity contribution is -0.141. The number of carboxylic acid groups (broad SMARTS) is 1. The highest BCUT2D eigenvalue weighted by atomic mass is 32.2. The first kappa shape index (κ1) is 90.5. The zero-order valence-corrected chi connectivity index (χ0v) is 66.0. The lowest BCUT2D eigenvalue weighted by atomic mass is 9.96. The van der Waals surface area contributed by atoms with Gasteiger partial charge in [0, 0.05) is 65.8 Å². The number of guanidine groups is 1. The van der Waals surface area contributed by atoms with Crippen molar-refractivity contribution in [3.05, 3.63) is 120 Å². The molecular weight excluding hydrogens is 1500 g/mol. The number of aliphatic carboxylic acids is 1. The zero-order valence-electron chi connectivity index (χ0n) is 65.2. The number of carbonyl (C=O) groups is 14. The van der Waals surface area contributed by atoms with Crippen LogP contribution < -0.4 is 86.3 Å². The Kier molecular flexibility index (Phi) is 35.7. The van der Waals surface area contributed by atoms with Crippen LogP contribution >= 0.6 is 11.8 Å². The van der Waals surface area contributed by atoms with Gasteiger partial charge in [-0.2, -0.15) is 0 Å². The normalized spacial score (nSPS) is 22.8. The number of H-pyrrole nitrogens is 2. The van der Waals surface area contributed by atoms with Crippen LogP contribution in [-0.4, -0.2) is 213 Å². The van der Waals surface area contributed by atoms with E-state index in [1.807, 2.05) is 43.3 Å². The highest BCUT2D eigenvalue weighted by molar-refractivity contribution is 8.00. The van der Waals surface area contributed by atoms with Gasteiger partial charge >= 0.3 is 5.97 Å². The lowest BCUT2D eigenvalue weighted by Gasteiger charge is -2.29. The topological polar surface area (TPSA) is 569 Å². The number of unbranched alkanes of at least 4 members (excludes halogenated alkanes) is 3. The van der Waals surface area contributed by atoms with E-state index in [4.69, 9.17) is 22.6 Å². The number of rotatable bonds is 25. The summed E-state index contributed by atoms with van der Waals surface area (Å²) in [6.07, 6.45) is 3.69. The van der Waals surface area contributed by atoms with Crippen LogP contribution in [0.25, 0.3) is 32.6 Å². The number of amides is 13. The molecule has 0 spiro atoms. The first-order valence-electron chi connectivity index (χ1n) is 38.7. The number of carbonyl (C=O) groups excluding carboxylic acids is 13. The molecular formula is C79H109N19O16S. The molecule has 1 aliphatic rings. The molecule has 7 rings (SSSR count). The number of aromatic nitrogens is 2. The Labute approximate surface area is 669 Å². The number of hydrogen-bond donors (Lipinski definition) is 21. The zero-order chi connectivity index (χ0) is 83.8. The molecule has 0 aliphatic carbocycles. The molecule has 24 N–H and O–H groups in total. The molecule has 1 saturated heterocycles. The highest BCUT2D eigenvalue weighted by Gasteiger charge is 2.39. The Morgan fingerprint density at radius 3 is 1.55 bits per heavy atom. The van der Waals surface area contributed by atoms with Gasteiger partial charge in [0.1, 0.15) is 66.5 Å². The van der Waals surface area contributed by atoms with Crippen LogP contribution in [0.1, 0.15) is 122 Å². The Balaban J connectivity index is 1.28. The summed E-state index contributed by atoms with van der Waals surface area (Å²) in [4.78, 5) is 207. The van der Waals surface area contributed by atoms with E-state index in [0.29, 0.717) is 64.2 Å². The van der Waals surface area contributed by atoms with Gasteiger partial charge in [0.2, 0.25) is 76.8 Å². The van der Waals surface area contributed by atoms with Gasteiger partial charge in [-0.25, -0.2) is 0 Å². The molecule has 36 heteroatoms. The first-order chi connectivity index (χ1) is 55.0. The number of aliphatic hydroxyl groups is 1. The molecule has 4 aromatic carbocycles. The maximum absolute atomic E-state index is 15.2. The second-order valence-corrected chi connectivity index (χ2v) is 30.0. The van der Waals surface area contributed by atoms with Crippen LogP contribution in [0.5, 0.6) is 0 Å². The number of aromatic amines is 2. The number of hydrogen-bond acceptors (Lipinski definition) is 18. The fourth-order valence-corrected chi connectivity index (χ4v) is 14.0. The van der Waals surface area contributed by atoms with Crippen molar-refractivity contribution in [2.45, 2.75) is 191 Å². The van der Waals surface area contributed by atoms with Crippen LogP contribution in [0, 0.1) is 17.2 Å². The fraction of sp³-hybridized carbons (Fsp3) is 0.481. The number of nitrogens with two attached hydrogens (primary N) is 3. The number of nitrogens with one attached hydrogen (secondary N) is 16. The van der Waals surface area contributed by atoms with Crippen molar-refractivity contribution in [3.63, 3.8) is 0 Å². The molecule has 12 atom stereocenters. The standard InChI is InChI=1S/C79H109N19O16S/c1-6-8-9-25-55-71(107)90-56(26-16-17-30-80)72(108)92-59(35-49-38-86-53-24-15-13-22-51(49)53)76(112)97-66(43(3)4)77(113)96-62(68(81)104)41-115-42-64(101)89-57(33-45-28-29-46-19-10-11-20-47(46)32-45)75(111)98-67(44(5)7-2)78(114)95-61(40-99)69(105)87-39-63(100)88-54(27-18-31-84-79(82)83)70(106)94-60(36-65(102)103)74(110)93-58(73(109)91-55)34-48-37-85-52-23-14-12-21-50(48)52/h10-15,19-24,28-29,32,37-38,43-44,54-62,66-67,85-86,99H,6-9,16-18,25-27,30-31,33-36,39-42,80H2,1-5H3,(H2,81,104)(H,87,105)(H,88,100)(H,89,101)(H,90,107)(H,91,109)(H,92,108)(H,93,110)(H,94,106)(H,95,114)(H,96,113)(H,97,112)(H,98,111)(H,102,103)(H4,82,83,84)/t44-,54-,55-,56+,57-,58-,59-,60-,61-,62-,66-,67-/m0/s1. The predicted octanol–water partition coefficient (Wildman–Crippen LogP) is -0.347. The van der Waals surface area contributed by atoms with E-state index in [-0.39, 0.29) is 76.6 Å². The molecule has 1 fully saturated rings. The number of para-hydroxylation sites is 2. The van der Waals surface area contributed by atoms with E-state index in [1.165, 1.54) is 0 Å². The highest BCUT2D eigenvalue weighted by Crippen LogP contribution is 2.24. The second kappa shape index (κ2) is 45.3. The minimum atomic E-state index is -1.99. The van der Waals surface area contributed by atoms with Crippen LogP contribution in [-0.2, 0) is 86.4 Å². The Hall–Kier alpha value is -11.7. The van der Waals surface area contributed by atoms with Gasteiger partial charge < -0.3 is 107 Å². The molecule has 1 aliphatic heterocycles. The maximum Gasteiger partial charge on any atom is 0.305 e. The van der Waals surface area contributed by atoms with Crippen LogP contribution in [0.15, 0.2) is 103 Å². The number of fused-ring (bicyclic) bond motifs is 3. The fourth-order valence-electron chi connectivity index (χ4n) is 13.1. The number of aliphatic hydroxyl groups excluding tert-OH is 1. The molecule has 2 aromatic heterocycles. The van der Waals surface area contributed by atoms with Crippen molar-refractivity contribution in [1.29, 1.82) is 5.41 Å². The molecule has 6 aromatic rings. The summed E-state index contributed by atoms with van der Waals surface area (Å²) < 4.78 is 0. The Bertz CT molecular complexity index is 4420.